The van der Waals surface area contributed by atoms with E-state index < -0.39 is 11.3 Å². The lowest BCUT2D eigenvalue weighted by atomic mass is 9.95. The molecule has 0 spiro atoms. The fraction of sp³-hybridized carbons (Fsp3) is 0.176. The lowest BCUT2D eigenvalue weighted by molar-refractivity contribution is -0.118. The number of nitrogens with one attached hydrogen (secondary N) is 1. The van der Waals surface area contributed by atoms with Crippen molar-refractivity contribution in [3.8, 4) is 0 Å². The Balaban J connectivity index is 1.86. The molecule has 4 nitrogen and oxygen atoms in total. The monoisotopic (exact) mass is 392 g/mol. The molecule has 118 valence electrons. The smallest absolute Gasteiger partial charge is 0.248 e. The number of hydrogen-bond acceptors (Lipinski definition) is 2. The SMILES string of the molecule is NC(=O)c1ccc(Cl)c(NC(=O)C2(c3ccc(Br)cc3)CC2)c1. The van der Waals surface area contributed by atoms with Gasteiger partial charge in [0, 0.05) is 10.0 Å². The summed E-state index contributed by atoms with van der Waals surface area (Å²) in [4.78, 5) is 24.0. The summed E-state index contributed by atoms with van der Waals surface area (Å²) in [6, 6.07) is 12.3. The molecule has 0 bridgehead atoms. The van der Waals surface area contributed by atoms with Crippen LogP contribution in [0, 0.1) is 0 Å². The molecule has 1 fully saturated rings. The maximum absolute atomic E-state index is 12.7. The number of rotatable bonds is 4. The van der Waals surface area contributed by atoms with E-state index in [4.69, 9.17) is 17.3 Å². The second kappa shape index (κ2) is 5.98. The summed E-state index contributed by atoms with van der Waals surface area (Å²) in [7, 11) is 0. The summed E-state index contributed by atoms with van der Waals surface area (Å²) in [5, 5.41) is 3.20. The minimum atomic E-state index is -0.564. The number of halogens is 2. The molecule has 0 saturated heterocycles. The normalized spacial score (nSPS) is 15.0. The molecule has 0 atom stereocenters. The number of carbonyl (C=O) groups excluding carboxylic acids is 2. The van der Waals surface area contributed by atoms with Gasteiger partial charge in [0.1, 0.15) is 0 Å². The Morgan fingerprint density at radius 1 is 1.13 bits per heavy atom. The van der Waals surface area contributed by atoms with Crippen LogP contribution in [-0.4, -0.2) is 11.8 Å². The first kappa shape index (κ1) is 16.0. The van der Waals surface area contributed by atoms with Gasteiger partial charge in [-0.2, -0.15) is 0 Å². The summed E-state index contributed by atoms with van der Waals surface area (Å²) in [5.74, 6) is -0.686. The highest BCUT2D eigenvalue weighted by Gasteiger charge is 2.51. The molecule has 2 aromatic carbocycles. The number of primary amides is 1. The average Bonchev–Trinajstić information content (AvgIpc) is 3.31. The van der Waals surface area contributed by atoms with Gasteiger partial charge in [0.25, 0.3) is 0 Å². The van der Waals surface area contributed by atoms with E-state index in [0.29, 0.717) is 16.3 Å². The summed E-state index contributed by atoms with van der Waals surface area (Å²) < 4.78 is 0.967. The summed E-state index contributed by atoms with van der Waals surface area (Å²) >= 11 is 9.50. The van der Waals surface area contributed by atoms with Crippen LogP contribution in [0.3, 0.4) is 0 Å². The predicted molar refractivity (Wildman–Crippen MR) is 93.7 cm³/mol. The van der Waals surface area contributed by atoms with E-state index in [-0.39, 0.29) is 5.91 Å². The van der Waals surface area contributed by atoms with Gasteiger partial charge >= 0.3 is 0 Å². The van der Waals surface area contributed by atoms with Gasteiger partial charge < -0.3 is 11.1 Å². The van der Waals surface area contributed by atoms with Crippen molar-refractivity contribution in [1.29, 1.82) is 0 Å². The molecular weight excluding hydrogens is 380 g/mol. The van der Waals surface area contributed by atoms with Crippen molar-refractivity contribution in [2.75, 3.05) is 5.32 Å². The molecule has 2 amide bonds. The van der Waals surface area contributed by atoms with Crippen LogP contribution < -0.4 is 11.1 Å². The highest BCUT2D eigenvalue weighted by Crippen LogP contribution is 2.49. The number of benzene rings is 2. The second-order valence-corrected chi connectivity index (χ2v) is 6.92. The topological polar surface area (TPSA) is 72.2 Å². The molecule has 23 heavy (non-hydrogen) atoms. The van der Waals surface area contributed by atoms with Gasteiger partial charge in [-0.15, -0.1) is 0 Å². The van der Waals surface area contributed by atoms with Crippen LogP contribution in [0.25, 0.3) is 0 Å². The van der Waals surface area contributed by atoms with Gasteiger partial charge in [-0.1, -0.05) is 39.7 Å². The molecule has 0 unspecified atom stereocenters. The fourth-order valence-corrected chi connectivity index (χ4v) is 2.99. The lowest BCUT2D eigenvalue weighted by Gasteiger charge is -2.17. The Labute approximate surface area is 147 Å². The van der Waals surface area contributed by atoms with Gasteiger partial charge in [-0.25, -0.2) is 0 Å². The third-order valence-corrected chi connectivity index (χ3v) is 4.94. The van der Waals surface area contributed by atoms with E-state index in [0.717, 1.165) is 22.9 Å². The zero-order valence-corrected chi connectivity index (χ0v) is 14.4. The standard InChI is InChI=1S/C17H14BrClN2O2/c18-12-4-2-11(3-5-12)17(7-8-17)16(23)21-14-9-10(15(20)22)1-6-13(14)19/h1-6,9H,7-8H2,(H2,20,22)(H,21,23). The van der Waals surface area contributed by atoms with E-state index in [1.165, 1.54) is 12.1 Å². The molecule has 3 rings (SSSR count). The van der Waals surface area contributed by atoms with E-state index >= 15 is 0 Å². The molecule has 3 N–H and O–H groups in total. The predicted octanol–water partition coefficient (Wildman–Crippen LogP) is 3.87. The first-order chi connectivity index (χ1) is 10.9. The Bertz CT molecular complexity index is 786. The molecule has 0 aliphatic heterocycles. The van der Waals surface area contributed by atoms with Gasteiger partial charge in [0.2, 0.25) is 11.8 Å². The third-order valence-electron chi connectivity index (χ3n) is 4.08. The van der Waals surface area contributed by atoms with E-state index in [2.05, 4.69) is 21.2 Å². The van der Waals surface area contributed by atoms with Gasteiger partial charge in [-0.3, -0.25) is 9.59 Å². The van der Waals surface area contributed by atoms with Crippen molar-refractivity contribution in [3.05, 3.63) is 63.1 Å². The molecular formula is C17H14BrClN2O2. The van der Waals surface area contributed by atoms with Crippen molar-refractivity contribution < 1.29 is 9.59 Å². The van der Waals surface area contributed by atoms with E-state index in [9.17, 15) is 9.59 Å². The molecule has 1 saturated carbocycles. The number of amides is 2. The van der Waals surface area contributed by atoms with Crippen molar-refractivity contribution in [2.24, 2.45) is 5.73 Å². The van der Waals surface area contributed by atoms with Crippen LogP contribution in [-0.2, 0) is 10.2 Å². The minimum absolute atomic E-state index is 0.122. The molecule has 2 aromatic rings. The molecule has 6 heteroatoms. The zero-order valence-electron chi connectivity index (χ0n) is 12.1. The number of hydrogen-bond donors (Lipinski definition) is 2. The van der Waals surface area contributed by atoms with Crippen molar-refractivity contribution in [3.63, 3.8) is 0 Å². The molecule has 0 aromatic heterocycles. The van der Waals surface area contributed by atoms with Gasteiger partial charge in [0.05, 0.1) is 16.1 Å². The summed E-state index contributed by atoms with van der Waals surface area (Å²) in [5.41, 5.74) is 6.42. The maximum atomic E-state index is 12.7. The third kappa shape index (κ3) is 3.12. The van der Waals surface area contributed by atoms with Gasteiger partial charge in [-0.05, 0) is 48.7 Å². The van der Waals surface area contributed by atoms with Crippen LogP contribution in [0.15, 0.2) is 46.9 Å². The minimum Gasteiger partial charge on any atom is -0.366 e. The summed E-state index contributed by atoms with van der Waals surface area (Å²) in [6.07, 6.45) is 1.57. The van der Waals surface area contributed by atoms with E-state index in [1.54, 1.807) is 6.07 Å². The molecule has 1 aliphatic carbocycles. The quantitative estimate of drug-likeness (QED) is 0.827. The average molecular weight is 394 g/mol. The van der Waals surface area contributed by atoms with Crippen LogP contribution in [0.2, 0.25) is 5.02 Å². The number of carbonyl (C=O) groups is 2. The highest BCUT2D eigenvalue weighted by molar-refractivity contribution is 9.10. The zero-order chi connectivity index (χ0) is 16.6. The Kier molecular flexibility index (Phi) is 4.17. The van der Waals surface area contributed by atoms with Gasteiger partial charge in [0.15, 0.2) is 0 Å². The van der Waals surface area contributed by atoms with Crippen LogP contribution >= 0.6 is 27.5 Å². The van der Waals surface area contributed by atoms with Crippen LogP contribution in [0.1, 0.15) is 28.8 Å². The van der Waals surface area contributed by atoms with Crippen molar-refractivity contribution in [1.82, 2.24) is 0 Å². The Hall–Kier alpha value is -1.85. The Morgan fingerprint density at radius 3 is 2.35 bits per heavy atom. The number of anilines is 1. The lowest BCUT2D eigenvalue weighted by Crippen LogP contribution is -2.28. The number of nitrogens with two attached hydrogens (primary N) is 1. The first-order valence-electron chi connectivity index (χ1n) is 7.09. The van der Waals surface area contributed by atoms with Crippen LogP contribution in [0.5, 0.6) is 0 Å². The van der Waals surface area contributed by atoms with E-state index in [1.807, 2.05) is 24.3 Å². The van der Waals surface area contributed by atoms with Crippen molar-refractivity contribution >= 4 is 45.0 Å². The fourth-order valence-electron chi connectivity index (χ4n) is 2.56. The largest absolute Gasteiger partial charge is 0.366 e. The molecule has 1 aliphatic rings. The Morgan fingerprint density at radius 2 is 1.78 bits per heavy atom. The second-order valence-electron chi connectivity index (χ2n) is 5.60. The molecule has 0 radical (unpaired) electrons. The summed E-state index contributed by atoms with van der Waals surface area (Å²) in [6.45, 7) is 0. The van der Waals surface area contributed by atoms with Crippen LogP contribution in [0.4, 0.5) is 5.69 Å². The maximum Gasteiger partial charge on any atom is 0.248 e. The van der Waals surface area contributed by atoms with Crippen molar-refractivity contribution in [2.45, 2.75) is 18.3 Å². The molecule has 0 heterocycles. The first-order valence-corrected chi connectivity index (χ1v) is 8.26. The highest BCUT2D eigenvalue weighted by atomic mass is 79.9.